The van der Waals surface area contributed by atoms with Gasteiger partial charge >= 0.3 is 31.2 Å². The van der Waals surface area contributed by atoms with Gasteiger partial charge in [-0.2, -0.15) is 19.2 Å². The number of benzene rings is 2. The maximum Gasteiger partial charge on any atom is 1.00 e. The minimum atomic E-state index is 0. The topological polar surface area (TPSA) is 98.3 Å². The van der Waals surface area contributed by atoms with Gasteiger partial charge in [-0.1, -0.05) is 24.3 Å². The zero-order valence-electron chi connectivity index (χ0n) is 19.2. The molecule has 1 N–H and O–H groups in total. The Balaban J connectivity index is 0.000000275. The molecule has 2 aliphatic carbocycles. The number of hydrogen-bond acceptors (Lipinski definition) is 7. The molecular weight excluding hydrogens is 489 g/mol. The number of carbonyl (C=O) groups excluding carboxylic acids is 4. The molecule has 0 aliphatic heterocycles. The van der Waals surface area contributed by atoms with Crippen molar-refractivity contribution in [2.75, 3.05) is 0 Å². The molecule has 10 heteroatoms. The monoisotopic (exact) mass is 510 g/mol. The average molecular weight is 511 g/mol. The standard InChI is InChI=1S/C12H11FS.C11H9FS.2CO2.Li.H2O/c1-7-6-9-4-5-10(8-2-3-8)11(13)12(9)14-7;12-10-9(7-1-2-7)4-3-8-5-6-13-11(8)10;2*2-1-3;;/h4-6,8H,2-3H2,1H3;3-7H,1-2H2;;;;1H2/q;;;;+1;/p-1. The van der Waals surface area contributed by atoms with Crippen molar-refractivity contribution in [1.29, 1.82) is 0 Å². The summed E-state index contributed by atoms with van der Waals surface area (Å²) in [4.78, 5) is 33.7. The number of rotatable bonds is 2. The van der Waals surface area contributed by atoms with E-state index in [-0.39, 0.29) is 48.3 Å². The van der Waals surface area contributed by atoms with Gasteiger partial charge in [0.25, 0.3) is 0 Å². The van der Waals surface area contributed by atoms with E-state index in [4.69, 9.17) is 19.2 Å². The van der Waals surface area contributed by atoms with Crippen molar-refractivity contribution >= 4 is 55.1 Å². The first-order valence-corrected chi connectivity index (χ1v) is 12.0. The Morgan fingerprint density at radius 2 is 1.23 bits per heavy atom. The predicted octanol–water partition coefficient (Wildman–Crippen LogP) is 3.80. The number of hydrogen-bond donors (Lipinski definition) is 0. The minimum absolute atomic E-state index is 0. The number of thiophene rings is 2. The predicted molar refractivity (Wildman–Crippen MR) is 124 cm³/mol. The SMILES string of the molecule is Cc1cc2ccc(C3CC3)c(F)c2s1.Fc1c(C2CC2)ccc2ccsc12.O=C=O.O=C=O.[Li+].[OH-]. The normalized spacial score (nSPS) is 13.2. The Morgan fingerprint density at radius 3 is 1.71 bits per heavy atom. The van der Waals surface area contributed by atoms with E-state index < -0.39 is 0 Å². The van der Waals surface area contributed by atoms with E-state index >= 15 is 0 Å². The fourth-order valence-electron chi connectivity index (χ4n) is 3.64. The van der Waals surface area contributed by atoms with Crippen LogP contribution in [0, 0.1) is 18.6 Å². The summed E-state index contributed by atoms with van der Waals surface area (Å²) in [6.45, 7) is 2.03. The Morgan fingerprint density at radius 1 is 0.771 bits per heavy atom. The van der Waals surface area contributed by atoms with E-state index in [2.05, 4.69) is 12.1 Å². The summed E-state index contributed by atoms with van der Waals surface area (Å²) < 4.78 is 29.5. The summed E-state index contributed by atoms with van der Waals surface area (Å²) in [5.41, 5.74) is 1.86. The molecule has 178 valence electrons. The summed E-state index contributed by atoms with van der Waals surface area (Å²) in [7, 11) is 0. The van der Waals surface area contributed by atoms with Gasteiger partial charge in [0, 0.05) is 4.88 Å². The Hall–Kier alpha value is -2.46. The van der Waals surface area contributed by atoms with Crippen molar-refractivity contribution in [3.8, 4) is 0 Å². The second kappa shape index (κ2) is 14.2. The number of halogens is 2. The van der Waals surface area contributed by atoms with Gasteiger partial charge in [-0.3, -0.25) is 0 Å². The maximum atomic E-state index is 14.0. The Labute approximate surface area is 220 Å². The van der Waals surface area contributed by atoms with E-state index in [0.717, 1.165) is 57.0 Å². The van der Waals surface area contributed by atoms with Crippen LogP contribution >= 0.6 is 22.7 Å². The molecule has 2 aromatic carbocycles. The van der Waals surface area contributed by atoms with Crippen LogP contribution in [-0.4, -0.2) is 17.8 Å². The molecule has 0 bridgehead atoms. The molecule has 0 unspecified atom stereocenters. The third kappa shape index (κ3) is 7.76. The molecule has 6 rings (SSSR count). The summed E-state index contributed by atoms with van der Waals surface area (Å²) in [5, 5.41) is 4.03. The molecule has 0 amide bonds. The minimum Gasteiger partial charge on any atom is -0.870 e. The summed E-state index contributed by atoms with van der Waals surface area (Å²) in [6.07, 6.45) is 5.14. The number of aryl methyl sites for hydroxylation is 1. The van der Waals surface area contributed by atoms with Crippen LogP contribution in [0.3, 0.4) is 0 Å². The van der Waals surface area contributed by atoms with Crippen LogP contribution in [-0.2, 0) is 19.2 Å². The van der Waals surface area contributed by atoms with Gasteiger partial charge in [0.2, 0.25) is 0 Å². The van der Waals surface area contributed by atoms with Crippen LogP contribution in [0.15, 0.2) is 41.8 Å². The fourth-order valence-corrected chi connectivity index (χ4v) is 5.45. The number of fused-ring (bicyclic) bond motifs is 2. The molecule has 2 saturated carbocycles. The molecule has 5 nitrogen and oxygen atoms in total. The van der Waals surface area contributed by atoms with Crippen molar-refractivity contribution < 1.29 is 52.3 Å². The third-order valence-corrected chi connectivity index (χ3v) is 7.39. The molecular formula is C25H21F2LiO5S2. The molecule has 0 atom stereocenters. The van der Waals surface area contributed by atoms with Crippen LogP contribution in [0.2, 0.25) is 0 Å². The van der Waals surface area contributed by atoms with Crippen molar-refractivity contribution in [1.82, 2.24) is 0 Å². The van der Waals surface area contributed by atoms with Gasteiger partial charge in [-0.25, -0.2) is 8.78 Å². The van der Waals surface area contributed by atoms with E-state index in [9.17, 15) is 8.78 Å². The first-order valence-electron chi connectivity index (χ1n) is 10.3. The smallest absolute Gasteiger partial charge is 0.870 e. The third-order valence-electron chi connectivity index (χ3n) is 5.40. The molecule has 0 saturated heterocycles. The van der Waals surface area contributed by atoms with Gasteiger partial charge < -0.3 is 5.48 Å². The van der Waals surface area contributed by atoms with Crippen LogP contribution < -0.4 is 18.9 Å². The van der Waals surface area contributed by atoms with Gasteiger partial charge in [0.15, 0.2) is 0 Å². The maximum absolute atomic E-state index is 14.0. The first-order chi connectivity index (χ1) is 15.9. The molecule has 2 aromatic heterocycles. The second-order valence-electron chi connectivity index (χ2n) is 7.77. The van der Waals surface area contributed by atoms with Crippen molar-refractivity contribution in [3.63, 3.8) is 0 Å². The summed E-state index contributed by atoms with van der Waals surface area (Å²) >= 11 is 3.06. The summed E-state index contributed by atoms with van der Waals surface area (Å²) in [5.74, 6) is 1.06. The molecule has 4 aromatic rings. The molecule has 35 heavy (non-hydrogen) atoms. The zero-order chi connectivity index (χ0) is 24.0. The first kappa shape index (κ1) is 30.6. The average Bonchev–Trinajstić information content (AvgIpc) is 3.71. The van der Waals surface area contributed by atoms with E-state index in [0.29, 0.717) is 11.8 Å². The Bertz CT molecular complexity index is 1320. The van der Waals surface area contributed by atoms with Crippen LogP contribution in [0.1, 0.15) is 53.5 Å². The van der Waals surface area contributed by atoms with Gasteiger partial charge in [-0.15, -0.1) is 22.7 Å². The van der Waals surface area contributed by atoms with Gasteiger partial charge in [0.1, 0.15) is 11.6 Å². The van der Waals surface area contributed by atoms with Crippen molar-refractivity contribution in [3.05, 3.63) is 69.4 Å². The molecule has 0 spiro atoms. The van der Waals surface area contributed by atoms with E-state index in [1.54, 1.807) is 11.3 Å². The van der Waals surface area contributed by atoms with Crippen LogP contribution in [0.5, 0.6) is 0 Å². The quantitative estimate of drug-likeness (QED) is 0.382. The van der Waals surface area contributed by atoms with E-state index in [1.165, 1.54) is 16.2 Å². The molecule has 0 radical (unpaired) electrons. The van der Waals surface area contributed by atoms with Crippen molar-refractivity contribution in [2.45, 2.75) is 44.4 Å². The van der Waals surface area contributed by atoms with Crippen molar-refractivity contribution in [2.24, 2.45) is 0 Å². The zero-order valence-corrected chi connectivity index (χ0v) is 20.8. The van der Waals surface area contributed by atoms with Gasteiger partial charge in [-0.05, 0) is 83.9 Å². The fraction of sp³-hybridized carbons (Fsp3) is 0.280. The van der Waals surface area contributed by atoms with Crippen LogP contribution in [0.25, 0.3) is 20.2 Å². The Kier molecular flexibility index (Phi) is 12.4. The molecule has 2 heterocycles. The van der Waals surface area contributed by atoms with Crippen LogP contribution in [0.4, 0.5) is 8.78 Å². The molecule has 2 aliphatic rings. The van der Waals surface area contributed by atoms with E-state index in [1.807, 2.05) is 36.6 Å². The largest absolute Gasteiger partial charge is 1.00 e. The van der Waals surface area contributed by atoms with Gasteiger partial charge in [0.05, 0.1) is 9.40 Å². The second-order valence-corrected chi connectivity index (χ2v) is 9.94. The summed E-state index contributed by atoms with van der Waals surface area (Å²) in [6, 6.07) is 12.0. The molecule has 2 fully saturated rings.